The third-order valence-corrected chi connectivity index (χ3v) is 12.2. The number of hydrogen-bond acceptors (Lipinski definition) is 10. The second-order valence-electron chi connectivity index (χ2n) is 15.3. The molecule has 0 bridgehead atoms. The number of halogens is 4. The molecule has 7 rings (SSSR count). The summed E-state index contributed by atoms with van der Waals surface area (Å²) in [4.78, 5) is 37.7. The molecule has 1 aliphatic rings. The fraction of sp³-hybridized carbons (Fsp3) is 0.224. The minimum Gasteiger partial charge on any atom is -0.488 e. The molecular formula is C49H38Cl4N4O7. The second kappa shape index (κ2) is 20.5. The standard InChI is InChI=1S/C49H38Cl4N4O7/c1-29(59)38-15-40(50)45(17-43(38)61-24-31-13-30(19-54)20-56-21-31)63-26-33-5-3-7-36(47(33)52)37-8-4-6-34(48(37)53)27-64-46-18-44(62-25-32-14-35(55-2)23-57-22-32)39(16-41(46)51)42(60)9-10-49(28-58)11-12-49/h3-8,13-18,20-23,58H,9-12,24-28H2,1H3. The highest BCUT2D eigenvalue weighted by Gasteiger charge is 2.42. The Balaban J connectivity index is 1.08. The van der Waals surface area contributed by atoms with Crippen molar-refractivity contribution < 1.29 is 33.6 Å². The van der Waals surface area contributed by atoms with Gasteiger partial charge in [0.05, 0.1) is 43.4 Å². The fourth-order valence-electron chi connectivity index (χ4n) is 6.87. The van der Waals surface area contributed by atoms with Gasteiger partial charge in [0.25, 0.3) is 0 Å². The molecule has 1 saturated carbocycles. The van der Waals surface area contributed by atoms with Gasteiger partial charge in [-0.3, -0.25) is 19.6 Å². The average Bonchev–Trinajstić information content (AvgIpc) is 4.10. The Morgan fingerprint density at radius 1 is 0.734 bits per heavy atom. The SMILES string of the molecule is [C-]#[N+]c1cncc(COc2cc(OCc3cccc(-c4cccc(COc5cc(OCc6cncc(C#N)c6)c(C(C)=O)cc5Cl)c4Cl)c3Cl)c(Cl)cc2C(=O)CCC2(CO)CC2)c1. The van der Waals surface area contributed by atoms with E-state index < -0.39 is 0 Å². The van der Waals surface area contributed by atoms with Gasteiger partial charge in [-0.15, -0.1) is 0 Å². The molecule has 2 aromatic heterocycles. The van der Waals surface area contributed by atoms with Gasteiger partial charge in [-0.05, 0) is 61.4 Å². The molecular weight excluding hydrogens is 898 g/mol. The molecule has 0 saturated heterocycles. The van der Waals surface area contributed by atoms with Crippen molar-refractivity contribution in [1.29, 1.82) is 5.26 Å². The lowest BCUT2D eigenvalue weighted by Crippen LogP contribution is -2.11. The largest absolute Gasteiger partial charge is 0.488 e. The molecule has 6 aromatic rings. The first-order chi connectivity index (χ1) is 30.9. The van der Waals surface area contributed by atoms with Crippen molar-refractivity contribution in [2.45, 2.75) is 59.0 Å². The zero-order chi connectivity index (χ0) is 45.4. The number of rotatable bonds is 19. The highest BCUT2D eigenvalue weighted by atomic mass is 35.5. The number of aliphatic hydroxyl groups excluding tert-OH is 1. The minimum absolute atomic E-state index is 0.00498. The number of nitriles is 1. The van der Waals surface area contributed by atoms with E-state index in [2.05, 4.69) is 14.8 Å². The quantitative estimate of drug-likeness (QED) is 0.0615. The molecule has 11 nitrogen and oxygen atoms in total. The Morgan fingerprint density at radius 3 is 1.80 bits per heavy atom. The van der Waals surface area contributed by atoms with Gasteiger partial charge < -0.3 is 24.1 Å². The predicted octanol–water partition coefficient (Wildman–Crippen LogP) is 12.4. The molecule has 0 aliphatic heterocycles. The summed E-state index contributed by atoms with van der Waals surface area (Å²) in [5.41, 5.74) is 4.85. The summed E-state index contributed by atoms with van der Waals surface area (Å²) in [5.74, 6) is 0.562. The second-order valence-corrected chi connectivity index (χ2v) is 16.8. The molecule has 324 valence electrons. The summed E-state index contributed by atoms with van der Waals surface area (Å²) >= 11 is 27.4. The topological polar surface area (TPSA) is 145 Å². The van der Waals surface area contributed by atoms with Crippen molar-refractivity contribution >= 4 is 63.7 Å². The van der Waals surface area contributed by atoms with E-state index in [1.165, 1.54) is 31.5 Å². The number of hydrogen-bond donors (Lipinski definition) is 1. The lowest BCUT2D eigenvalue weighted by atomic mass is 9.96. The van der Waals surface area contributed by atoms with Crippen LogP contribution in [0.4, 0.5) is 5.69 Å². The Kier molecular flexibility index (Phi) is 14.7. The molecule has 0 unspecified atom stereocenters. The predicted molar refractivity (Wildman–Crippen MR) is 244 cm³/mol. The van der Waals surface area contributed by atoms with Crippen LogP contribution in [0.3, 0.4) is 0 Å². The van der Waals surface area contributed by atoms with Gasteiger partial charge >= 0.3 is 0 Å². The number of Topliss-reactive ketones (excluding diaryl/α,β-unsaturated/α-hetero) is 2. The number of aliphatic hydroxyl groups is 1. The summed E-state index contributed by atoms with van der Waals surface area (Å²) < 4.78 is 24.5. The Bertz CT molecular complexity index is 2840. The van der Waals surface area contributed by atoms with E-state index in [1.54, 1.807) is 36.7 Å². The van der Waals surface area contributed by atoms with E-state index in [4.69, 9.17) is 71.9 Å². The van der Waals surface area contributed by atoms with Crippen LogP contribution in [0.2, 0.25) is 20.1 Å². The van der Waals surface area contributed by atoms with Crippen molar-refractivity contribution in [2.75, 3.05) is 6.61 Å². The summed E-state index contributed by atoms with van der Waals surface area (Å²) in [5, 5.41) is 20.2. The molecule has 0 amide bonds. The number of ether oxygens (including phenoxy) is 4. The molecule has 1 N–H and O–H groups in total. The van der Waals surface area contributed by atoms with Crippen LogP contribution in [-0.4, -0.2) is 33.2 Å². The van der Waals surface area contributed by atoms with E-state index in [0.29, 0.717) is 61.1 Å². The summed E-state index contributed by atoms with van der Waals surface area (Å²) in [6.07, 6.45) is 8.56. The van der Waals surface area contributed by atoms with Crippen LogP contribution in [0, 0.1) is 23.3 Å². The lowest BCUT2D eigenvalue weighted by molar-refractivity contribution is 0.0955. The maximum Gasteiger partial charge on any atom is 0.205 e. The van der Waals surface area contributed by atoms with E-state index in [-0.39, 0.29) is 101 Å². The van der Waals surface area contributed by atoms with Crippen LogP contribution in [0.25, 0.3) is 16.0 Å². The Hall–Kier alpha value is -6.18. The first-order valence-corrected chi connectivity index (χ1v) is 21.5. The van der Waals surface area contributed by atoms with Gasteiger partial charge in [0, 0.05) is 77.8 Å². The zero-order valence-electron chi connectivity index (χ0n) is 34.3. The maximum atomic E-state index is 13.6. The first kappa shape index (κ1) is 45.8. The van der Waals surface area contributed by atoms with Crippen LogP contribution in [0.5, 0.6) is 23.0 Å². The molecule has 15 heteroatoms. The highest BCUT2D eigenvalue weighted by Crippen LogP contribution is 2.49. The number of aromatic nitrogens is 2. The minimum atomic E-state index is -0.259. The zero-order valence-corrected chi connectivity index (χ0v) is 37.3. The van der Waals surface area contributed by atoms with Crippen LogP contribution in [0.1, 0.15) is 81.1 Å². The van der Waals surface area contributed by atoms with Gasteiger partial charge in [0.2, 0.25) is 5.69 Å². The molecule has 0 radical (unpaired) electrons. The number of carbonyl (C=O) groups is 2. The monoisotopic (exact) mass is 934 g/mol. The van der Waals surface area contributed by atoms with E-state index >= 15 is 0 Å². The Labute approximate surface area is 389 Å². The van der Waals surface area contributed by atoms with Crippen molar-refractivity contribution in [2.24, 2.45) is 5.41 Å². The van der Waals surface area contributed by atoms with Crippen molar-refractivity contribution in [1.82, 2.24) is 9.97 Å². The number of benzene rings is 4. The van der Waals surface area contributed by atoms with Crippen LogP contribution in [0.15, 0.2) is 97.6 Å². The number of nitrogens with zero attached hydrogens (tertiary/aromatic N) is 4. The Morgan fingerprint density at radius 2 is 1.27 bits per heavy atom. The van der Waals surface area contributed by atoms with Crippen molar-refractivity contribution in [3.63, 3.8) is 0 Å². The van der Waals surface area contributed by atoms with Crippen LogP contribution < -0.4 is 18.9 Å². The third kappa shape index (κ3) is 10.9. The molecule has 0 spiro atoms. The van der Waals surface area contributed by atoms with Crippen LogP contribution in [-0.2, 0) is 26.4 Å². The van der Waals surface area contributed by atoms with Gasteiger partial charge in [0.1, 0.15) is 55.5 Å². The highest BCUT2D eigenvalue weighted by molar-refractivity contribution is 6.37. The van der Waals surface area contributed by atoms with Crippen LogP contribution >= 0.6 is 46.4 Å². The fourth-order valence-corrected chi connectivity index (χ4v) is 7.87. The van der Waals surface area contributed by atoms with E-state index in [9.17, 15) is 20.0 Å². The van der Waals surface area contributed by atoms with Gasteiger partial charge in [-0.2, -0.15) is 5.26 Å². The number of pyridine rings is 2. The smallest absolute Gasteiger partial charge is 0.205 e. The van der Waals surface area contributed by atoms with Gasteiger partial charge in [-0.1, -0.05) is 82.8 Å². The third-order valence-electron chi connectivity index (χ3n) is 10.8. The van der Waals surface area contributed by atoms with Gasteiger partial charge in [0.15, 0.2) is 11.6 Å². The summed E-state index contributed by atoms with van der Waals surface area (Å²) in [7, 11) is 0. The maximum absolute atomic E-state index is 13.6. The summed E-state index contributed by atoms with van der Waals surface area (Å²) in [6, 6.07) is 22.4. The average molecular weight is 937 g/mol. The molecule has 0 atom stereocenters. The normalized spacial score (nSPS) is 12.4. The molecule has 1 aliphatic carbocycles. The number of ketones is 2. The van der Waals surface area contributed by atoms with E-state index in [0.717, 1.165) is 12.8 Å². The van der Waals surface area contributed by atoms with Crippen molar-refractivity contribution in [3.05, 3.63) is 168 Å². The first-order valence-electron chi connectivity index (χ1n) is 19.9. The van der Waals surface area contributed by atoms with E-state index in [1.807, 2.05) is 42.5 Å². The molecule has 2 heterocycles. The number of carbonyl (C=O) groups excluding carboxylic acids is 2. The van der Waals surface area contributed by atoms with Gasteiger partial charge in [-0.25, -0.2) is 4.85 Å². The molecule has 4 aromatic carbocycles. The lowest BCUT2D eigenvalue weighted by Gasteiger charge is -2.17. The molecule has 1 fully saturated rings. The molecule has 64 heavy (non-hydrogen) atoms. The summed E-state index contributed by atoms with van der Waals surface area (Å²) in [6.45, 7) is 8.85. The van der Waals surface area contributed by atoms with Crippen molar-refractivity contribution in [3.8, 4) is 40.2 Å².